The van der Waals surface area contributed by atoms with Crippen LogP contribution in [-0.2, 0) is 0 Å². The molecule has 92 valence electrons. The van der Waals surface area contributed by atoms with Gasteiger partial charge >= 0.3 is 0 Å². The normalized spacial score (nSPS) is 10.4. The molecule has 2 heteroatoms. The number of hydrogen-bond acceptors (Lipinski definition) is 1. The third-order valence-electron chi connectivity index (χ3n) is 3.01. The zero-order valence-corrected chi connectivity index (χ0v) is 11.8. The summed E-state index contributed by atoms with van der Waals surface area (Å²) < 4.78 is 1.10. The molecule has 0 saturated carbocycles. The van der Waals surface area contributed by atoms with Crippen molar-refractivity contribution in [2.24, 2.45) is 0 Å². The fourth-order valence-electron chi connectivity index (χ4n) is 2.07. The molecule has 0 fully saturated rings. The smallest absolute Gasteiger partial charge is 0.0702 e. The van der Waals surface area contributed by atoms with E-state index in [-0.39, 0.29) is 0 Å². The van der Waals surface area contributed by atoms with Crippen LogP contribution in [0.25, 0.3) is 22.4 Å². The predicted molar refractivity (Wildman–Crippen MR) is 82.8 cm³/mol. The Hall–Kier alpha value is -1.93. The highest BCUT2D eigenvalue weighted by atomic mass is 79.9. The summed E-state index contributed by atoms with van der Waals surface area (Å²) >= 11 is 3.60. The molecule has 0 radical (unpaired) electrons. The fourth-order valence-corrected chi connectivity index (χ4v) is 2.59. The lowest BCUT2D eigenvalue weighted by atomic mass is 10.0. The molecule has 0 N–H and O–H groups in total. The molecule has 19 heavy (non-hydrogen) atoms. The summed E-state index contributed by atoms with van der Waals surface area (Å²) in [6.45, 7) is 0. The molecule has 0 aliphatic heterocycles. The third-order valence-corrected chi connectivity index (χ3v) is 3.70. The average Bonchev–Trinajstić information content (AvgIpc) is 2.49. The Bertz CT molecular complexity index is 692. The van der Waals surface area contributed by atoms with Gasteiger partial charge in [0.05, 0.1) is 5.69 Å². The van der Waals surface area contributed by atoms with Gasteiger partial charge in [0.2, 0.25) is 0 Å². The molecule has 0 saturated heterocycles. The summed E-state index contributed by atoms with van der Waals surface area (Å²) in [5.41, 5.74) is 4.51. The second-order valence-electron chi connectivity index (χ2n) is 4.28. The van der Waals surface area contributed by atoms with E-state index in [1.807, 2.05) is 36.5 Å². The second-order valence-corrected chi connectivity index (χ2v) is 5.13. The number of halogens is 1. The van der Waals surface area contributed by atoms with Gasteiger partial charge in [-0.3, -0.25) is 4.98 Å². The minimum absolute atomic E-state index is 0.997. The van der Waals surface area contributed by atoms with Crippen molar-refractivity contribution in [1.29, 1.82) is 0 Å². The van der Waals surface area contributed by atoms with Crippen molar-refractivity contribution in [1.82, 2.24) is 4.98 Å². The van der Waals surface area contributed by atoms with Gasteiger partial charge in [-0.2, -0.15) is 0 Å². The molecule has 2 aromatic carbocycles. The predicted octanol–water partition coefficient (Wildman–Crippen LogP) is 5.18. The SMILES string of the molecule is Brc1ccccc1-c1cccc(-c2ccccn2)c1. The maximum atomic E-state index is 4.39. The first-order chi connectivity index (χ1) is 9.34. The first kappa shape index (κ1) is 12.1. The summed E-state index contributed by atoms with van der Waals surface area (Å²) in [6.07, 6.45) is 1.82. The molecular weight excluding hydrogens is 298 g/mol. The molecule has 1 nitrogen and oxygen atoms in total. The van der Waals surface area contributed by atoms with Gasteiger partial charge in [-0.1, -0.05) is 58.4 Å². The molecule has 0 atom stereocenters. The van der Waals surface area contributed by atoms with Crippen LogP contribution in [0.3, 0.4) is 0 Å². The number of nitrogens with zero attached hydrogens (tertiary/aromatic N) is 1. The monoisotopic (exact) mass is 309 g/mol. The largest absolute Gasteiger partial charge is 0.256 e. The number of aromatic nitrogens is 1. The van der Waals surface area contributed by atoms with Crippen LogP contribution < -0.4 is 0 Å². The Morgan fingerprint density at radius 2 is 1.53 bits per heavy atom. The molecule has 0 unspecified atom stereocenters. The van der Waals surface area contributed by atoms with E-state index in [1.54, 1.807) is 0 Å². The van der Waals surface area contributed by atoms with Crippen LogP contribution in [0.1, 0.15) is 0 Å². The molecular formula is C17H12BrN. The van der Waals surface area contributed by atoms with Crippen molar-refractivity contribution in [3.05, 3.63) is 77.4 Å². The minimum atomic E-state index is 0.997. The Labute approximate surface area is 121 Å². The highest BCUT2D eigenvalue weighted by molar-refractivity contribution is 9.10. The van der Waals surface area contributed by atoms with E-state index in [9.17, 15) is 0 Å². The number of hydrogen-bond donors (Lipinski definition) is 0. The quantitative estimate of drug-likeness (QED) is 0.635. The van der Waals surface area contributed by atoms with Crippen molar-refractivity contribution >= 4 is 15.9 Å². The van der Waals surface area contributed by atoms with Gasteiger partial charge in [0, 0.05) is 16.2 Å². The summed E-state index contributed by atoms with van der Waals surface area (Å²) in [7, 11) is 0. The fraction of sp³-hybridized carbons (Fsp3) is 0. The third kappa shape index (κ3) is 2.59. The molecule has 3 rings (SSSR count). The van der Waals surface area contributed by atoms with Crippen LogP contribution in [0, 0.1) is 0 Å². The lowest BCUT2D eigenvalue weighted by molar-refractivity contribution is 1.33. The van der Waals surface area contributed by atoms with E-state index in [4.69, 9.17) is 0 Å². The maximum absolute atomic E-state index is 4.39. The molecule has 0 spiro atoms. The summed E-state index contributed by atoms with van der Waals surface area (Å²) in [5.74, 6) is 0. The van der Waals surface area contributed by atoms with Crippen LogP contribution >= 0.6 is 15.9 Å². The molecule has 3 aromatic rings. The average molecular weight is 310 g/mol. The number of pyridine rings is 1. The van der Waals surface area contributed by atoms with E-state index in [0.717, 1.165) is 15.7 Å². The topological polar surface area (TPSA) is 12.9 Å². The van der Waals surface area contributed by atoms with Crippen molar-refractivity contribution in [3.8, 4) is 22.4 Å². The molecule has 1 heterocycles. The van der Waals surface area contributed by atoms with E-state index >= 15 is 0 Å². The van der Waals surface area contributed by atoms with Crippen molar-refractivity contribution in [3.63, 3.8) is 0 Å². The highest BCUT2D eigenvalue weighted by Crippen LogP contribution is 2.30. The first-order valence-electron chi connectivity index (χ1n) is 6.11. The molecule has 0 bridgehead atoms. The Balaban J connectivity index is 2.09. The molecule has 0 aliphatic rings. The van der Waals surface area contributed by atoms with E-state index in [2.05, 4.69) is 57.3 Å². The molecule has 0 amide bonds. The summed E-state index contributed by atoms with van der Waals surface area (Å²) in [5, 5.41) is 0. The zero-order valence-electron chi connectivity index (χ0n) is 10.3. The second kappa shape index (κ2) is 5.37. The van der Waals surface area contributed by atoms with Crippen molar-refractivity contribution in [2.75, 3.05) is 0 Å². The molecule has 0 aliphatic carbocycles. The first-order valence-corrected chi connectivity index (χ1v) is 6.90. The van der Waals surface area contributed by atoms with Gasteiger partial charge < -0.3 is 0 Å². The lowest BCUT2D eigenvalue weighted by Crippen LogP contribution is -1.84. The van der Waals surface area contributed by atoms with Gasteiger partial charge in [0.15, 0.2) is 0 Å². The van der Waals surface area contributed by atoms with E-state index in [0.29, 0.717) is 0 Å². The summed E-state index contributed by atoms with van der Waals surface area (Å²) in [6, 6.07) is 22.7. The van der Waals surface area contributed by atoms with E-state index < -0.39 is 0 Å². The Morgan fingerprint density at radius 1 is 0.737 bits per heavy atom. The standard InChI is InChI=1S/C17H12BrN/c18-16-9-2-1-8-15(16)13-6-5-7-14(12-13)17-10-3-4-11-19-17/h1-12H. The van der Waals surface area contributed by atoms with Gasteiger partial charge in [0.25, 0.3) is 0 Å². The van der Waals surface area contributed by atoms with E-state index in [1.165, 1.54) is 11.1 Å². The van der Waals surface area contributed by atoms with Crippen LogP contribution in [0.15, 0.2) is 77.4 Å². The van der Waals surface area contributed by atoms with Crippen LogP contribution in [-0.4, -0.2) is 4.98 Å². The van der Waals surface area contributed by atoms with Gasteiger partial charge in [0.1, 0.15) is 0 Å². The maximum Gasteiger partial charge on any atom is 0.0702 e. The Morgan fingerprint density at radius 3 is 2.32 bits per heavy atom. The van der Waals surface area contributed by atoms with Crippen LogP contribution in [0.4, 0.5) is 0 Å². The van der Waals surface area contributed by atoms with Crippen LogP contribution in [0.5, 0.6) is 0 Å². The van der Waals surface area contributed by atoms with Crippen LogP contribution in [0.2, 0.25) is 0 Å². The molecule has 1 aromatic heterocycles. The minimum Gasteiger partial charge on any atom is -0.256 e. The lowest BCUT2D eigenvalue weighted by Gasteiger charge is -2.07. The number of rotatable bonds is 2. The van der Waals surface area contributed by atoms with Gasteiger partial charge in [-0.15, -0.1) is 0 Å². The zero-order chi connectivity index (χ0) is 13.1. The van der Waals surface area contributed by atoms with Crippen molar-refractivity contribution in [2.45, 2.75) is 0 Å². The highest BCUT2D eigenvalue weighted by Gasteiger charge is 2.04. The number of benzene rings is 2. The van der Waals surface area contributed by atoms with Crippen molar-refractivity contribution < 1.29 is 0 Å². The van der Waals surface area contributed by atoms with Gasteiger partial charge in [-0.25, -0.2) is 0 Å². The Kier molecular flexibility index (Phi) is 3.43. The summed E-state index contributed by atoms with van der Waals surface area (Å²) in [4.78, 5) is 4.39. The van der Waals surface area contributed by atoms with Gasteiger partial charge in [-0.05, 0) is 35.4 Å².